The number of ether oxygens (including phenoxy) is 1. The van der Waals surface area contributed by atoms with Crippen LogP contribution in [-0.2, 0) is 11.3 Å². The lowest BCUT2D eigenvalue weighted by Gasteiger charge is -2.08. The summed E-state index contributed by atoms with van der Waals surface area (Å²) in [7, 11) is 0. The summed E-state index contributed by atoms with van der Waals surface area (Å²) in [5, 5.41) is 5.00. The average Bonchev–Trinajstić information content (AvgIpc) is 3.04. The van der Waals surface area contributed by atoms with Crippen LogP contribution >= 0.6 is 15.9 Å². The van der Waals surface area contributed by atoms with E-state index >= 15 is 0 Å². The Hall–Kier alpha value is -2.27. The van der Waals surface area contributed by atoms with Crippen molar-refractivity contribution in [1.29, 1.82) is 0 Å². The Morgan fingerprint density at radius 2 is 1.95 bits per heavy atom. The maximum atomic E-state index is 11.8. The summed E-state index contributed by atoms with van der Waals surface area (Å²) >= 11 is 3.45. The molecular formula is C17H15BrN2O2. The number of fused-ring (bicyclic) bond motifs is 1. The molecule has 2 N–H and O–H groups in total. The van der Waals surface area contributed by atoms with Gasteiger partial charge in [-0.15, -0.1) is 0 Å². The summed E-state index contributed by atoms with van der Waals surface area (Å²) in [6.45, 7) is 0.476. The minimum atomic E-state index is -0.148. The summed E-state index contributed by atoms with van der Waals surface area (Å²) in [5.41, 5.74) is 0.963. The SMILES string of the molecule is O=C(COc1ccc2cc(Br)ccc2c1)NCc1ccc[nH]1. The molecule has 0 aliphatic heterocycles. The molecule has 0 saturated heterocycles. The van der Waals surface area contributed by atoms with Crippen molar-refractivity contribution in [2.75, 3.05) is 6.61 Å². The van der Waals surface area contributed by atoms with Crippen molar-refractivity contribution in [2.24, 2.45) is 0 Å². The monoisotopic (exact) mass is 358 g/mol. The molecular weight excluding hydrogens is 344 g/mol. The van der Waals surface area contributed by atoms with Gasteiger partial charge in [-0.05, 0) is 47.2 Å². The van der Waals surface area contributed by atoms with E-state index in [-0.39, 0.29) is 12.5 Å². The number of rotatable bonds is 5. The van der Waals surface area contributed by atoms with Gasteiger partial charge in [-0.25, -0.2) is 0 Å². The molecule has 22 heavy (non-hydrogen) atoms. The number of hydrogen-bond acceptors (Lipinski definition) is 2. The predicted molar refractivity (Wildman–Crippen MR) is 89.8 cm³/mol. The molecule has 0 spiro atoms. The second-order valence-corrected chi connectivity index (χ2v) is 5.83. The molecule has 1 aromatic heterocycles. The number of H-pyrrole nitrogens is 1. The molecule has 4 nitrogen and oxygen atoms in total. The molecule has 5 heteroatoms. The Morgan fingerprint density at radius 1 is 1.14 bits per heavy atom. The zero-order valence-electron chi connectivity index (χ0n) is 11.8. The molecule has 0 bridgehead atoms. The van der Waals surface area contributed by atoms with E-state index in [1.165, 1.54) is 0 Å². The largest absolute Gasteiger partial charge is 0.484 e. The minimum absolute atomic E-state index is 0.00272. The third-order valence-corrected chi connectivity index (χ3v) is 3.78. The molecule has 3 aromatic rings. The molecule has 2 aromatic carbocycles. The van der Waals surface area contributed by atoms with E-state index in [1.54, 1.807) is 0 Å². The summed E-state index contributed by atoms with van der Waals surface area (Å²) in [5.74, 6) is 0.537. The number of hydrogen-bond donors (Lipinski definition) is 2. The first kappa shape index (κ1) is 14.7. The summed E-state index contributed by atoms with van der Waals surface area (Å²) in [6.07, 6.45) is 1.82. The van der Waals surface area contributed by atoms with Crippen LogP contribution in [-0.4, -0.2) is 17.5 Å². The molecule has 0 aliphatic carbocycles. The van der Waals surface area contributed by atoms with Gasteiger partial charge in [0.15, 0.2) is 6.61 Å². The third-order valence-electron chi connectivity index (χ3n) is 3.28. The highest BCUT2D eigenvalue weighted by Crippen LogP contribution is 2.24. The van der Waals surface area contributed by atoms with Crippen molar-refractivity contribution in [3.63, 3.8) is 0 Å². The number of aromatic amines is 1. The van der Waals surface area contributed by atoms with Gasteiger partial charge in [-0.1, -0.05) is 28.1 Å². The molecule has 0 saturated carbocycles. The molecule has 1 amide bonds. The van der Waals surface area contributed by atoms with Crippen LogP contribution in [0.5, 0.6) is 5.75 Å². The minimum Gasteiger partial charge on any atom is -0.484 e. The highest BCUT2D eigenvalue weighted by molar-refractivity contribution is 9.10. The maximum Gasteiger partial charge on any atom is 0.258 e. The van der Waals surface area contributed by atoms with Gasteiger partial charge in [0.1, 0.15) is 5.75 Å². The Balaban J connectivity index is 1.56. The van der Waals surface area contributed by atoms with E-state index in [4.69, 9.17) is 4.74 Å². The first-order valence-corrected chi connectivity index (χ1v) is 7.71. The fourth-order valence-corrected chi connectivity index (χ4v) is 2.53. The van der Waals surface area contributed by atoms with Crippen molar-refractivity contribution in [2.45, 2.75) is 6.54 Å². The second-order valence-electron chi connectivity index (χ2n) is 4.91. The molecule has 112 valence electrons. The van der Waals surface area contributed by atoms with E-state index in [1.807, 2.05) is 54.7 Å². The highest BCUT2D eigenvalue weighted by atomic mass is 79.9. The highest BCUT2D eigenvalue weighted by Gasteiger charge is 2.04. The lowest BCUT2D eigenvalue weighted by molar-refractivity contribution is -0.123. The lowest BCUT2D eigenvalue weighted by Crippen LogP contribution is -2.28. The van der Waals surface area contributed by atoms with E-state index in [0.29, 0.717) is 12.3 Å². The topological polar surface area (TPSA) is 54.1 Å². The maximum absolute atomic E-state index is 11.8. The average molecular weight is 359 g/mol. The fourth-order valence-electron chi connectivity index (χ4n) is 2.16. The van der Waals surface area contributed by atoms with Gasteiger partial charge in [-0.3, -0.25) is 4.79 Å². The number of carbonyl (C=O) groups excluding carboxylic acids is 1. The fraction of sp³-hybridized carbons (Fsp3) is 0.118. The first-order chi connectivity index (χ1) is 10.7. The Labute approximate surface area is 136 Å². The molecule has 0 atom stereocenters. The van der Waals surface area contributed by atoms with Crippen molar-refractivity contribution in [1.82, 2.24) is 10.3 Å². The van der Waals surface area contributed by atoms with Crippen LogP contribution in [0.25, 0.3) is 10.8 Å². The van der Waals surface area contributed by atoms with Gasteiger partial charge in [-0.2, -0.15) is 0 Å². The Kier molecular flexibility index (Phi) is 4.44. The van der Waals surface area contributed by atoms with Crippen LogP contribution in [0.15, 0.2) is 59.2 Å². The van der Waals surface area contributed by atoms with Crippen LogP contribution in [0.2, 0.25) is 0 Å². The standard InChI is InChI=1S/C17H15BrN2O2/c18-14-5-3-13-9-16(6-4-12(13)8-14)22-11-17(21)20-10-15-2-1-7-19-15/h1-9,19H,10-11H2,(H,20,21). The van der Waals surface area contributed by atoms with Crippen LogP contribution in [0.1, 0.15) is 5.69 Å². The zero-order chi connectivity index (χ0) is 15.4. The van der Waals surface area contributed by atoms with Crippen molar-refractivity contribution in [3.05, 3.63) is 64.9 Å². The van der Waals surface area contributed by atoms with Gasteiger partial charge in [0.25, 0.3) is 5.91 Å². The zero-order valence-corrected chi connectivity index (χ0v) is 13.4. The first-order valence-electron chi connectivity index (χ1n) is 6.92. The lowest BCUT2D eigenvalue weighted by atomic mass is 10.1. The van der Waals surface area contributed by atoms with E-state index in [2.05, 4.69) is 26.2 Å². The number of benzene rings is 2. The number of aromatic nitrogens is 1. The predicted octanol–water partition coefficient (Wildman–Crippen LogP) is 3.63. The molecule has 0 fully saturated rings. The Bertz CT molecular complexity index is 784. The number of nitrogens with one attached hydrogen (secondary N) is 2. The summed E-state index contributed by atoms with van der Waals surface area (Å²) in [4.78, 5) is 14.8. The van der Waals surface area contributed by atoms with Crippen molar-refractivity contribution >= 4 is 32.6 Å². The molecule has 0 aliphatic rings. The normalized spacial score (nSPS) is 10.6. The molecule has 0 radical (unpaired) electrons. The third kappa shape index (κ3) is 3.68. The number of amides is 1. The van der Waals surface area contributed by atoms with Crippen LogP contribution < -0.4 is 10.1 Å². The summed E-state index contributed by atoms with van der Waals surface area (Å²) < 4.78 is 6.58. The Morgan fingerprint density at radius 3 is 2.77 bits per heavy atom. The van der Waals surface area contributed by atoms with Gasteiger partial charge in [0.05, 0.1) is 6.54 Å². The molecule has 0 unspecified atom stereocenters. The van der Waals surface area contributed by atoms with E-state index < -0.39 is 0 Å². The number of halogens is 1. The van der Waals surface area contributed by atoms with Crippen LogP contribution in [0.3, 0.4) is 0 Å². The van der Waals surface area contributed by atoms with Crippen LogP contribution in [0.4, 0.5) is 0 Å². The molecule has 1 heterocycles. The smallest absolute Gasteiger partial charge is 0.258 e. The van der Waals surface area contributed by atoms with Gasteiger partial charge >= 0.3 is 0 Å². The number of carbonyl (C=O) groups is 1. The van der Waals surface area contributed by atoms with Gasteiger partial charge in [0, 0.05) is 16.4 Å². The van der Waals surface area contributed by atoms with Gasteiger partial charge < -0.3 is 15.0 Å². The van der Waals surface area contributed by atoms with E-state index in [0.717, 1.165) is 20.9 Å². The summed E-state index contributed by atoms with van der Waals surface area (Å²) in [6, 6.07) is 15.6. The molecule has 3 rings (SSSR count). The van der Waals surface area contributed by atoms with E-state index in [9.17, 15) is 4.79 Å². The van der Waals surface area contributed by atoms with Crippen molar-refractivity contribution < 1.29 is 9.53 Å². The second kappa shape index (κ2) is 6.66. The van der Waals surface area contributed by atoms with Crippen LogP contribution in [0, 0.1) is 0 Å². The van der Waals surface area contributed by atoms with Crippen molar-refractivity contribution in [3.8, 4) is 5.75 Å². The van der Waals surface area contributed by atoms with Gasteiger partial charge in [0.2, 0.25) is 0 Å². The quantitative estimate of drug-likeness (QED) is 0.731.